The molecule has 1 aliphatic rings. The number of hydrazone groups is 1. The van der Waals surface area contributed by atoms with E-state index < -0.39 is 6.09 Å². The van der Waals surface area contributed by atoms with E-state index in [1.54, 1.807) is 18.7 Å². The Morgan fingerprint density at radius 2 is 2.67 bits per heavy atom. The van der Waals surface area contributed by atoms with E-state index in [-0.39, 0.29) is 0 Å². The number of carbonyl (C=O) groups excluding carboxylic acids is 1. The van der Waals surface area contributed by atoms with Gasteiger partial charge in [0, 0.05) is 0 Å². The molecule has 1 aliphatic heterocycles. The van der Waals surface area contributed by atoms with Crippen LogP contribution in [0.5, 0.6) is 0 Å². The molecule has 1 amide bonds. The van der Waals surface area contributed by atoms with Gasteiger partial charge in [0.15, 0.2) is 0 Å². The fourth-order valence-electron chi connectivity index (χ4n) is 0.845. The molecule has 5 heteroatoms. The van der Waals surface area contributed by atoms with Gasteiger partial charge in [-0.15, -0.1) is 11.8 Å². The third kappa shape index (κ3) is 3.13. The molecule has 1 heterocycles. The molecule has 0 radical (unpaired) electrons. The lowest BCUT2D eigenvalue weighted by Gasteiger charge is -1.99. The number of ether oxygens (including phenoxy) is 1. The van der Waals surface area contributed by atoms with Crippen LogP contribution < -0.4 is 5.43 Å². The zero-order valence-corrected chi connectivity index (χ0v) is 7.82. The van der Waals surface area contributed by atoms with Crippen LogP contribution in [0.4, 0.5) is 4.79 Å². The van der Waals surface area contributed by atoms with Gasteiger partial charge in [0.2, 0.25) is 0 Å². The molecule has 0 unspecified atom stereocenters. The average Bonchev–Trinajstić information content (AvgIpc) is 2.53. The monoisotopic (exact) mass is 188 g/mol. The highest BCUT2D eigenvalue weighted by molar-refractivity contribution is 8.14. The molecule has 0 aliphatic carbocycles. The van der Waals surface area contributed by atoms with Crippen molar-refractivity contribution in [2.24, 2.45) is 5.10 Å². The van der Waals surface area contributed by atoms with E-state index in [9.17, 15) is 4.79 Å². The van der Waals surface area contributed by atoms with Crippen molar-refractivity contribution in [2.75, 3.05) is 12.4 Å². The second-order valence-corrected chi connectivity index (χ2v) is 3.46. The first-order chi connectivity index (χ1) is 5.83. The maximum Gasteiger partial charge on any atom is 0.427 e. The van der Waals surface area contributed by atoms with Gasteiger partial charge in [-0.3, -0.25) is 0 Å². The first-order valence-electron chi connectivity index (χ1n) is 3.95. The summed E-state index contributed by atoms with van der Waals surface area (Å²) in [4.78, 5) is 10.8. The molecule has 1 rings (SSSR count). The van der Waals surface area contributed by atoms with Crippen LogP contribution >= 0.6 is 11.8 Å². The van der Waals surface area contributed by atoms with Gasteiger partial charge in [-0.2, -0.15) is 5.10 Å². The lowest BCUT2D eigenvalue weighted by molar-refractivity contribution is 0.152. The molecular weight excluding hydrogens is 176 g/mol. The molecule has 4 nitrogen and oxygen atoms in total. The standard InChI is InChI=1S/C7H12N2O2S/c1-2-11-7(10)9-8-6-4-3-5-12-6/h2-5H2,1H3,(H,9,10). The van der Waals surface area contributed by atoms with Crippen molar-refractivity contribution in [1.29, 1.82) is 0 Å². The van der Waals surface area contributed by atoms with Crippen LogP contribution in [0.2, 0.25) is 0 Å². The Hall–Kier alpha value is -0.710. The van der Waals surface area contributed by atoms with Gasteiger partial charge in [0.25, 0.3) is 0 Å². The minimum Gasteiger partial charge on any atom is -0.449 e. The van der Waals surface area contributed by atoms with Crippen LogP contribution in [-0.4, -0.2) is 23.5 Å². The summed E-state index contributed by atoms with van der Waals surface area (Å²) in [6, 6.07) is 0. The molecular formula is C7H12N2O2S. The first kappa shape index (κ1) is 9.38. The van der Waals surface area contributed by atoms with Crippen LogP contribution in [0.3, 0.4) is 0 Å². The minimum atomic E-state index is -0.475. The van der Waals surface area contributed by atoms with E-state index in [2.05, 4.69) is 15.3 Å². The first-order valence-corrected chi connectivity index (χ1v) is 4.93. The largest absolute Gasteiger partial charge is 0.449 e. The average molecular weight is 188 g/mol. The molecule has 1 saturated heterocycles. The SMILES string of the molecule is CCOC(=O)NN=C1CCCS1. The molecule has 0 bridgehead atoms. The quantitative estimate of drug-likeness (QED) is 0.669. The van der Waals surface area contributed by atoms with E-state index in [0.29, 0.717) is 6.61 Å². The summed E-state index contributed by atoms with van der Waals surface area (Å²) in [6.07, 6.45) is 1.64. The van der Waals surface area contributed by atoms with E-state index in [1.165, 1.54) is 0 Å². The van der Waals surface area contributed by atoms with Crippen LogP contribution in [0.15, 0.2) is 5.10 Å². The summed E-state index contributed by atoms with van der Waals surface area (Å²) in [5, 5.41) is 4.89. The van der Waals surface area contributed by atoms with Crippen LogP contribution in [0.25, 0.3) is 0 Å². The molecule has 0 aromatic carbocycles. The zero-order valence-electron chi connectivity index (χ0n) is 7.00. The van der Waals surface area contributed by atoms with Crippen molar-refractivity contribution < 1.29 is 9.53 Å². The maximum absolute atomic E-state index is 10.8. The molecule has 0 aromatic rings. The Labute approximate surface area is 75.7 Å². The summed E-state index contributed by atoms with van der Waals surface area (Å²) in [6.45, 7) is 2.14. The van der Waals surface area contributed by atoms with Gasteiger partial charge in [-0.05, 0) is 25.5 Å². The fraction of sp³-hybridized carbons (Fsp3) is 0.714. The molecule has 0 aromatic heterocycles. The van der Waals surface area contributed by atoms with E-state index in [0.717, 1.165) is 23.6 Å². The second kappa shape index (κ2) is 5.03. The Morgan fingerprint density at radius 1 is 1.83 bits per heavy atom. The molecule has 68 valence electrons. The normalized spacial score (nSPS) is 19.6. The number of amides is 1. The van der Waals surface area contributed by atoms with Crippen LogP contribution in [0.1, 0.15) is 19.8 Å². The Bertz CT molecular complexity index is 186. The fourth-order valence-corrected chi connectivity index (χ4v) is 1.77. The number of rotatable bonds is 2. The summed E-state index contributed by atoms with van der Waals surface area (Å²) >= 11 is 1.68. The minimum absolute atomic E-state index is 0.379. The second-order valence-electron chi connectivity index (χ2n) is 2.29. The molecule has 12 heavy (non-hydrogen) atoms. The van der Waals surface area contributed by atoms with Gasteiger partial charge < -0.3 is 4.74 Å². The third-order valence-corrected chi connectivity index (χ3v) is 2.47. The number of hydrogen-bond donors (Lipinski definition) is 1. The summed E-state index contributed by atoms with van der Waals surface area (Å²) in [5.74, 6) is 1.10. The van der Waals surface area contributed by atoms with E-state index >= 15 is 0 Å². The van der Waals surface area contributed by atoms with Gasteiger partial charge in [-0.1, -0.05) is 0 Å². The van der Waals surface area contributed by atoms with Crippen molar-refractivity contribution in [3.63, 3.8) is 0 Å². The highest BCUT2D eigenvalue weighted by Crippen LogP contribution is 2.19. The summed E-state index contributed by atoms with van der Waals surface area (Å²) in [7, 11) is 0. The Kier molecular flexibility index (Phi) is 3.93. The molecule has 0 spiro atoms. The number of thioether (sulfide) groups is 1. The van der Waals surface area contributed by atoms with Gasteiger partial charge in [-0.25, -0.2) is 10.2 Å². The highest BCUT2D eigenvalue weighted by Gasteiger charge is 2.09. The summed E-state index contributed by atoms with van der Waals surface area (Å²) in [5.41, 5.74) is 2.33. The lowest BCUT2D eigenvalue weighted by atomic mass is 10.4. The summed E-state index contributed by atoms with van der Waals surface area (Å²) < 4.78 is 4.64. The van der Waals surface area contributed by atoms with Crippen LogP contribution in [0, 0.1) is 0 Å². The van der Waals surface area contributed by atoms with E-state index in [4.69, 9.17) is 0 Å². The van der Waals surface area contributed by atoms with Gasteiger partial charge in [0.05, 0.1) is 11.7 Å². The van der Waals surface area contributed by atoms with Crippen molar-refractivity contribution in [1.82, 2.24) is 5.43 Å². The molecule has 1 N–H and O–H groups in total. The predicted octanol–water partition coefficient (Wildman–Crippen LogP) is 1.57. The molecule has 1 fully saturated rings. The van der Waals surface area contributed by atoms with Gasteiger partial charge in [0.1, 0.15) is 0 Å². The number of carbonyl (C=O) groups is 1. The highest BCUT2D eigenvalue weighted by atomic mass is 32.2. The number of hydrogen-bond acceptors (Lipinski definition) is 4. The zero-order chi connectivity index (χ0) is 8.81. The van der Waals surface area contributed by atoms with Crippen LogP contribution in [-0.2, 0) is 4.74 Å². The van der Waals surface area contributed by atoms with Crippen molar-refractivity contribution in [2.45, 2.75) is 19.8 Å². The molecule has 0 saturated carbocycles. The van der Waals surface area contributed by atoms with Crippen molar-refractivity contribution in [3.8, 4) is 0 Å². The topological polar surface area (TPSA) is 50.7 Å². The molecule has 0 atom stereocenters. The van der Waals surface area contributed by atoms with E-state index in [1.807, 2.05) is 0 Å². The smallest absolute Gasteiger partial charge is 0.427 e. The number of nitrogens with one attached hydrogen (secondary N) is 1. The Morgan fingerprint density at radius 3 is 3.25 bits per heavy atom. The number of nitrogens with zero attached hydrogens (tertiary/aromatic N) is 1. The van der Waals surface area contributed by atoms with Gasteiger partial charge >= 0.3 is 6.09 Å². The third-order valence-electron chi connectivity index (χ3n) is 1.35. The van der Waals surface area contributed by atoms with Crippen molar-refractivity contribution in [3.05, 3.63) is 0 Å². The van der Waals surface area contributed by atoms with Crippen molar-refractivity contribution >= 4 is 22.9 Å². The predicted molar refractivity (Wildman–Crippen MR) is 49.3 cm³/mol. The Balaban J connectivity index is 2.22. The lowest BCUT2D eigenvalue weighted by Crippen LogP contribution is -2.19. The maximum atomic E-state index is 10.8.